The molecule has 0 spiro atoms. The molecule has 0 unspecified atom stereocenters. The average molecular weight is 782 g/mol. The number of hydrogen-bond acceptors (Lipinski definition) is 8. The fraction of sp³-hybridized carbons (Fsp3) is 0.421. The molecule has 2 aromatic carbocycles. The van der Waals surface area contributed by atoms with Crippen molar-refractivity contribution in [2.24, 2.45) is 18.7 Å². The largest absolute Gasteiger partial charge is 0.383 e. The molecule has 1 saturated heterocycles. The van der Waals surface area contributed by atoms with E-state index < -0.39 is 23.4 Å². The number of piperidine rings is 1. The van der Waals surface area contributed by atoms with Crippen molar-refractivity contribution < 1.29 is 32.7 Å². The zero-order valence-corrected chi connectivity index (χ0v) is 32.3. The van der Waals surface area contributed by atoms with E-state index in [1.807, 2.05) is 6.92 Å². The minimum absolute atomic E-state index is 0.0174. The predicted molar refractivity (Wildman–Crippen MR) is 203 cm³/mol. The highest BCUT2D eigenvalue weighted by Gasteiger charge is 2.31. The number of likely N-dealkylation sites (N-methyl/N-ethyl adjacent to an activating group) is 2. The fourth-order valence-corrected chi connectivity index (χ4v) is 6.97. The molecule has 1 fully saturated rings. The van der Waals surface area contributed by atoms with Crippen LogP contribution in [0.4, 0.5) is 14.5 Å². The van der Waals surface area contributed by atoms with Gasteiger partial charge in [-0.15, -0.1) is 0 Å². The number of aromatic nitrogens is 4. The van der Waals surface area contributed by atoms with E-state index in [4.69, 9.17) is 22.1 Å². The molecule has 55 heavy (non-hydrogen) atoms. The molecule has 14 nitrogen and oxygen atoms in total. The number of carbonyl (C=O) groups is 4. The van der Waals surface area contributed by atoms with Crippen molar-refractivity contribution in [2.45, 2.75) is 33.2 Å². The standard InChI is InChI=1S/C38H46ClF2N9O5/c1-6-48(16-15-46(3)22-32(42)51)37(53)24-11-13-49(14-12-24)38(54)27-8-7-25(19-30(27)39)45-36(52)35-43-21-31(47(35)4)28-10-9-26(33(40)34(28)41)29-20-44-50(23(29)2)17-18-55-5/h7-10,19-21,24H,6,11-18,22H2,1-5H3,(H2,42,51)(H,45,52). The van der Waals surface area contributed by atoms with Crippen molar-refractivity contribution in [1.29, 1.82) is 0 Å². The molecule has 1 aliphatic rings. The number of nitrogens with one attached hydrogen (secondary N) is 1. The van der Waals surface area contributed by atoms with Gasteiger partial charge in [0.15, 0.2) is 17.5 Å². The summed E-state index contributed by atoms with van der Waals surface area (Å²) in [5.41, 5.74) is 7.07. The highest BCUT2D eigenvalue weighted by Crippen LogP contribution is 2.33. The van der Waals surface area contributed by atoms with Crippen molar-refractivity contribution in [1.82, 2.24) is 34.0 Å². The highest BCUT2D eigenvalue weighted by atomic mass is 35.5. The molecule has 0 saturated carbocycles. The van der Waals surface area contributed by atoms with E-state index in [0.717, 1.165) is 0 Å². The second kappa shape index (κ2) is 18.0. The van der Waals surface area contributed by atoms with Crippen LogP contribution in [0.5, 0.6) is 0 Å². The van der Waals surface area contributed by atoms with Crippen LogP contribution in [0.1, 0.15) is 46.4 Å². The average Bonchev–Trinajstić information content (AvgIpc) is 3.72. The number of likely N-dealkylation sites (tertiary alicyclic amines) is 1. The van der Waals surface area contributed by atoms with Crippen LogP contribution < -0.4 is 11.1 Å². The van der Waals surface area contributed by atoms with Gasteiger partial charge in [0.2, 0.25) is 11.8 Å². The van der Waals surface area contributed by atoms with Gasteiger partial charge in [-0.2, -0.15) is 5.10 Å². The van der Waals surface area contributed by atoms with Gasteiger partial charge < -0.3 is 30.2 Å². The maximum absolute atomic E-state index is 15.5. The Labute approximate surface area is 323 Å². The maximum atomic E-state index is 15.5. The van der Waals surface area contributed by atoms with E-state index in [2.05, 4.69) is 15.4 Å². The number of methoxy groups -OCH3 is 1. The summed E-state index contributed by atoms with van der Waals surface area (Å²) >= 11 is 6.54. The molecular weight excluding hydrogens is 736 g/mol. The van der Waals surface area contributed by atoms with E-state index in [0.29, 0.717) is 75.7 Å². The summed E-state index contributed by atoms with van der Waals surface area (Å²) in [6.45, 7) is 6.91. The number of nitrogens with two attached hydrogens (primary N) is 1. The van der Waals surface area contributed by atoms with Crippen molar-refractivity contribution in [3.05, 3.63) is 76.5 Å². The first-order valence-corrected chi connectivity index (χ1v) is 18.3. The predicted octanol–water partition coefficient (Wildman–Crippen LogP) is 4.21. The van der Waals surface area contributed by atoms with Crippen LogP contribution in [-0.4, -0.2) is 118 Å². The van der Waals surface area contributed by atoms with Crippen molar-refractivity contribution >= 4 is 40.9 Å². The van der Waals surface area contributed by atoms with E-state index in [1.165, 1.54) is 48.3 Å². The van der Waals surface area contributed by atoms with Crippen molar-refractivity contribution in [3.8, 4) is 22.4 Å². The second-order valence-electron chi connectivity index (χ2n) is 13.5. The summed E-state index contributed by atoms with van der Waals surface area (Å²) in [5.74, 6) is -3.78. The molecule has 0 radical (unpaired) electrons. The van der Waals surface area contributed by atoms with Crippen LogP contribution in [0, 0.1) is 24.5 Å². The number of ether oxygens (including phenoxy) is 1. The Morgan fingerprint density at radius 3 is 2.38 bits per heavy atom. The van der Waals surface area contributed by atoms with E-state index >= 15 is 8.78 Å². The smallest absolute Gasteiger partial charge is 0.291 e. The van der Waals surface area contributed by atoms with E-state index in [1.54, 1.807) is 46.5 Å². The number of anilines is 1. The molecule has 4 amide bonds. The summed E-state index contributed by atoms with van der Waals surface area (Å²) in [4.78, 5) is 60.5. The summed E-state index contributed by atoms with van der Waals surface area (Å²) in [6.07, 6.45) is 3.77. The lowest BCUT2D eigenvalue weighted by atomic mass is 9.94. The Balaban J connectivity index is 1.20. The number of amides is 4. The van der Waals surface area contributed by atoms with Gasteiger partial charge in [0.05, 0.1) is 48.4 Å². The fourth-order valence-electron chi connectivity index (χ4n) is 6.71. The number of hydrogen-bond donors (Lipinski definition) is 2. The third kappa shape index (κ3) is 9.20. The zero-order valence-electron chi connectivity index (χ0n) is 31.6. The topological polar surface area (TPSA) is 161 Å². The van der Waals surface area contributed by atoms with Crippen LogP contribution in [0.2, 0.25) is 5.02 Å². The molecule has 4 aromatic rings. The van der Waals surface area contributed by atoms with Gasteiger partial charge in [-0.1, -0.05) is 17.7 Å². The van der Waals surface area contributed by atoms with E-state index in [9.17, 15) is 19.2 Å². The monoisotopic (exact) mass is 781 g/mol. The van der Waals surface area contributed by atoms with Crippen LogP contribution in [0.15, 0.2) is 42.7 Å². The Morgan fingerprint density at radius 1 is 1.04 bits per heavy atom. The molecule has 5 rings (SSSR count). The third-order valence-corrected chi connectivity index (χ3v) is 10.2. The number of imidazole rings is 1. The van der Waals surface area contributed by atoms with Gasteiger partial charge >= 0.3 is 0 Å². The van der Waals surface area contributed by atoms with Gasteiger partial charge in [-0.05, 0) is 58.0 Å². The minimum atomic E-state index is -1.09. The first-order valence-electron chi connectivity index (χ1n) is 17.9. The minimum Gasteiger partial charge on any atom is -0.383 e. The lowest BCUT2D eigenvalue weighted by molar-refractivity contribution is -0.136. The van der Waals surface area contributed by atoms with Gasteiger partial charge in [0.25, 0.3) is 11.8 Å². The van der Waals surface area contributed by atoms with Gasteiger partial charge in [-0.3, -0.25) is 28.8 Å². The first kappa shape index (κ1) is 41.0. The quantitative estimate of drug-likeness (QED) is 0.182. The van der Waals surface area contributed by atoms with Crippen LogP contribution >= 0.6 is 11.6 Å². The maximum Gasteiger partial charge on any atom is 0.291 e. The first-order chi connectivity index (χ1) is 26.2. The second-order valence-corrected chi connectivity index (χ2v) is 13.9. The van der Waals surface area contributed by atoms with Crippen LogP contribution in [0.3, 0.4) is 0 Å². The molecule has 3 N–H and O–H groups in total. The van der Waals surface area contributed by atoms with Crippen LogP contribution in [-0.2, 0) is 27.9 Å². The number of rotatable bonds is 15. The number of halogens is 3. The molecule has 294 valence electrons. The molecule has 2 aromatic heterocycles. The number of primary amides is 1. The number of carbonyl (C=O) groups excluding carboxylic acids is 4. The summed E-state index contributed by atoms with van der Waals surface area (Å²) in [7, 11) is 4.86. The van der Waals surface area contributed by atoms with Gasteiger partial charge in [0.1, 0.15) is 0 Å². The highest BCUT2D eigenvalue weighted by molar-refractivity contribution is 6.34. The molecule has 0 aliphatic carbocycles. The zero-order chi connectivity index (χ0) is 40.0. The summed E-state index contributed by atoms with van der Waals surface area (Å²) < 4.78 is 39.1. The lowest BCUT2D eigenvalue weighted by Crippen LogP contribution is -2.46. The number of benzene rings is 2. The Morgan fingerprint density at radius 2 is 1.73 bits per heavy atom. The summed E-state index contributed by atoms with van der Waals surface area (Å²) in [5, 5.41) is 7.09. The van der Waals surface area contributed by atoms with Gasteiger partial charge in [-0.25, -0.2) is 13.8 Å². The van der Waals surface area contributed by atoms with Crippen molar-refractivity contribution in [2.75, 3.05) is 65.3 Å². The molecular formula is C38H46ClF2N9O5. The van der Waals surface area contributed by atoms with E-state index in [-0.39, 0.29) is 57.5 Å². The Bertz CT molecular complexity index is 2060. The number of nitrogens with zero attached hydrogens (tertiary/aromatic N) is 7. The van der Waals surface area contributed by atoms with Crippen LogP contribution in [0.25, 0.3) is 22.4 Å². The Hall–Kier alpha value is -5.19. The summed E-state index contributed by atoms with van der Waals surface area (Å²) in [6, 6.07) is 7.41. The lowest BCUT2D eigenvalue weighted by Gasteiger charge is -2.34. The Kier molecular flexibility index (Phi) is 13.4. The molecule has 3 heterocycles. The molecule has 0 bridgehead atoms. The van der Waals surface area contributed by atoms with Gasteiger partial charge in [0, 0.05) is 80.9 Å². The third-order valence-electron chi connectivity index (χ3n) is 9.91. The van der Waals surface area contributed by atoms with Crippen molar-refractivity contribution in [3.63, 3.8) is 0 Å². The SMILES string of the molecule is CCN(CCN(C)CC(N)=O)C(=O)C1CCN(C(=O)c2ccc(NC(=O)c3ncc(-c4ccc(-c5cnn(CCOC)c5C)c(F)c4F)n3C)cc2Cl)CC1. The normalized spacial score (nSPS) is 13.4. The molecule has 0 atom stereocenters. The molecule has 1 aliphatic heterocycles. The molecule has 17 heteroatoms.